The molecule has 1 unspecified atom stereocenters. The highest BCUT2D eigenvalue weighted by atomic mass is 32.1. The van der Waals surface area contributed by atoms with Crippen LogP contribution < -0.4 is 16.4 Å². The van der Waals surface area contributed by atoms with E-state index in [1.807, 2.05) is 43.5 Å². The number of hydrogen-bond donors (Lipinski definition) is 4. The summed E-state index contributed by atoms with van der Waals surface area (Å²) < 4.78 is 0. The third-order valence-electron chi connectivity index (χ3n) is 4.69. The van der Waals surface area contributed by atoms with E-state index in [9.17, 15) is 14.7 Å². The fraction of sp³-hybridized carbons (Fsp3) is 0.227. The van der Waals surface area contributed by atoms with Crippen molar-refractivity contribution in [2.45, 2.75) is 32.4 Å². The van der Waals surface area contributed by atoms with Crippen LogP contribution in [0.3, 0.4) is 0 Å². The Hall–Kier alpha value is -3.39. The molecule has 0 aliphatic heterocycles. The van der Waals surface area contributed by atoms with Crippen molar-refractivity contribution in [2.24, 2.45) is 5.73 Å². The van der Waals surface area contributed by atoms with Gasteiger partial charge in [-0.2, -0.15) is 0 Å². The van der Waals surface area contributed by atoms with Crippen molar-refractivity contribution >= 4 is 23.3 Å². The van der Waals surface area contributed by atoms with Crippen molar-refractivity contribution in [3.8, 4) is 17.0 Å². The lowest BCUT2D eigenvalue weighted by Gasteiger charge is -2.21. The Morgan fingerprint density at radius 2 is 1.77 bits per heavy atom. The van der Waals surface area contributed by atoms with Crippen molar-refractivity contribution in [1.29, 1.82) is 0 Å². The normalized spacial score (nSPS) is 12.7. The summed E-state index contributed by atoms with van der Waals surface area (Å²) in [6.45, 7) is 3.84. The number of nitrogens with one attached hydrogen (secondary N) is 2. The van der Waals surface area contributed by atoms with E-state index in [-0.39, 0.29) is 24.1 Å². The van der Waals surface area contributed by atoms with Crippen LogP contribution >= 0.6 is 11.3 Å². The molecule has 7 nitrogen and oxygen atoms in total. The highest BCUT2D eigenvalue weighted by Gasteiger charge is 2.22. The van der Waals surface area contributed by atoms with Gasteiger partial charge in [0.25, 0.3) is 0 Å². The second kappa shape index (κ2) is 9.41. The maximum absolute atomic E-state index is 12.8. The van der Waals surface area contributed by atoms with Crippen LogP contribution in [0.4, 0.5) is 4.79 Å². The molecule has 0 aliphatic rings. The molecule has 0 bridgehead atoms. The van der Waals surface area contributed by atoms with Crippen LogP contribution in [0.25, 0.3) is 11.3 Å². The number of aromatic nitrogens is 1. The van der Waals surface area contributed by atoms with Gasteiger partial charge in [-0.05, 0) is 37.1 Å². The van der Waals surface area contributed by atoms with Crippen LogP contribution in [0, 0.1) is 6.92 Å². The van der Waals surface area contributed by atoms with Gasteiger partial charge in [-0.25, -0.2) is 9.78 Å². The van der Waals surface area contributed by atoms with E-state index in [1.165, 1.54) is 12.1 Å². The van der Waals surface area contributed by atoms with Crippen LogP contribution in [0.5, 0.6) is 5.75 Å². The van der Waals surface area contributed by atoms with Gasteiger partial charge in [-0.1, -0.05) is 36.4 Å². The first-order chi connectivity index (χ1) is 14.3. The maximum Gasteiger partial charge on any atom is 0.312 e. The second-order valence-electron chi connectivity index (χ2n) is 7.04. The van der Waals surface area contributed by atoms with Gasteiger partial charge in [-0.15, -0.1) is 11.3 Å². The van der Waals surface area contributed by atoms with Gasteiger partial charge in [0, 0.05) is 17.4 Å². The number of hydrogen-bond acceptors (Lipinski definition) is 5. The summed E-state index contributed by atoms with van der Waals surface area (Å²) in [7, 11) is 0. The molecule has 5 N–H and O–H groups in total. The van der Waals surface area contributed by atoms with Gasteiger partial charge in [0.05, 0.1) is 16.7 Å². The number of aryl methyl sites for hydroxylation is 1. The molecule has 3 rings (SSSR count). The first-order valence-corrected chi connectivity index (χ1v) is 10.4. The van der Waals surface area contributed by atoms with E-state index in [1.54, 1.807) is 23.5 Å². The van der Waals surface area contributed by atoms with E-state index in [4.69, 9.17) is 5.73 Å². The molecule has 30 heavy (non-hydrogen) atoms. The predicted octanol–water partition coefficient (Wildman–Crippen LogP) is 3.28. The summed E-state index contributed by atoms with van der Waals surface area (Å²) in [5, 5.41) is 17.8. The van der Waals surface area contributed by atoms with Crippen LogP contribution in [-0.2, 0) is 11.2 Å². The van der Waals surface area contributed by atoms with E-state index in [0.29, 0.717) is 0 Å². The number of carbonyl (C=O) groups excluding carboxylic acids is 2. The lowest BCUT2D eigenvalue weighted by atomic mass is 10.0. The molecule has 1 heterocycles. The van der Waals surface area contributed by atoms with Gasteiger partial charge in [0.15, 0.2) is 0 Å². The third-order valence-corrected chi connectivity index (χ3v) is 5.47. The predicted molar refractivity (Wildman–Crippen MR) is 117 cm³/mol. The van der Waals surface area contributed by atoms with Crippen molar-refractivity contribution in [2.75, 3.05) is 0 Å². The van der Waals surface area contributed by atoms with E-state index in [0.717, 1.165) is 27.4 Å². The average molecular weight is 425 g/mol. The fourth-order valence-electron chi connectivity index (χ4n) is 3.08. The number of phenolic OH excluding ortho intramolecular Hbond substituents is 1. The molecule has 2 aromatic carbocycles. The van der Waals surface area contributed by atoms with Gasteiger partial charge in [-0.3, -0.25) is 4.79 Å². The molecule has 0 aliphatic carbocycles. The molecular weight excluding hydrogens is 400 g/mol. The van der Waals surface area contributed by atoms with Crippen molar-refractivity contribution in [3.05, 3.63) is 70.0 Å². The fourth-order valence-corrected chi connectivity index (χ4v) is 3.71. The molecule has 1 aromatic heterocycles. The Kier molecular flexibility index (Phi) is 6.68. The van der Waals surface area contributed by atoms with Crippen LogP contribution in [-0.4, -0.2) is 28.1 Å². The molecule has 8 heteroatoms. The van der Waals surface area contributed by atoms with Crippen molar-refractivity contribution < 1.29 is 14.7 Å². The third kappa shape index (κ3) is 5.57. The Balaban J connectivity index is 1.67. The van der Waals surface area contributed by atoms with Crippen LogP contribution in [0.1, 0.15) is 29.1 Å². The Labute approximate surface area is 179 Å². The van der Waals surface area contributed by atoms with E-state index < -0.39 is 12.1 Å². The molecule has 0 radical (unpaired) electrons. The maximum atomic E-state index is 12.8. The number of phenols is 1. The van der Waals surface area contributed by atoms with E-state index in [2.05, 4.69) is 15.6 Å². The SMILES string of the molecule is Cc1nc(-c2ccc(C(C)NC(=O)[C@H](Cc3ccc(O)cc3)NC(N)=O)cc2)cs1. The lowest BCUT2D eigenvalue weighted by Crippen LogP contribution is -2.50. The average Bonchev–Trinajstić information content (AvgIpc) is 3.15. The number of rotatable bonds is 7. The number of carbonyl (C=O) groups is 2. The Morgan fingerprint density at radius 1 is 1.10 bits per heavy atom. The number of primary amides is 1. The first kappa shape index (κ1) is 21.3. The number of urea groups is 1. The number of thiazole rings is 1. The second-order valence-corrected chi connectivity index (χ2v) is 8.10. The number of nitrogens with two attached hydrogens (primary N) is 1. The smallest absolute Gasteiger partial charge is 0.312 e. The minimum atomic E-state index is -0.827. The minimum absolute atomic E-state index is 0.132. The van der Waals surface area contributed by atoms with Crippen molar-refractivity contribution in [3.63, 3.8) is 0 Å². The first-order valence-electron chi connectivity index (χ1n) is 9.48. The minimum Gasteiger partial charge on any atom is -0.508 e. The largest absolute Gasteiger partial charge is 0.508 e. The number of nitrogens with zero attached hydrogens (tertiary/aromatic N) is 1. The van der Waals surface area contributed by atoms with Gasteiger partial charge in [0.1, 0.15) is 11.8 Å². The number of aromatic hydroxyl groups is 1. The van der Waals surface area contributed by atoms with E-state index >= 15 is 0 Å². The standard InChI is InChI=1S/C22H24N4O3S/c1-13(16-5-7-17(8-6-16)20-12-30-14(2)25-20)24-21(28)19(26-22(23)29)11-15-3-9-18(27)10-4-15/h3-10,12-13,19,27H,11H2,1-2H3,(H,24,28)(H3,23,26,29)/t13?,19-/m0/s1. The van der Waals surface area contributed by atoms with Gasteiger partial charge in [0.2, 0.25) is 5.91 Å². The number of amides is 3. The molecule has 0 spiro atoms. The molecule has 3 amide bonds. The highest BCUT2D eigenvalue weighted by molar-refractivity contribution is 7.09. The summed E-state index contributed by atoms with van der Waals surface area (Å²) in [6, 6.07) is 12.4. The summed E-state index contributed by atoms with van der Waals surface area (Å²) in [5.41, 5.74) is 8.92. The molecule has 0 fully saturated rings. The Bertz CT molecular complexity index is 1020. The van der Waals surface area contributed by atoms with Crippen LogP contribution in [0.15, 0.2) is 53.9 Å². The van der Waals surface area contributed by atoms with Crippen molar-refractivity contribution in [1.82, 2.24) is 15.6 Å². The summed E-state index contributed by atoms with van der Waals surface area (Å²) in [6.07, 6.45) is 0.254. The topological polar surface area (TPSA) is 117 Å². The monoisotopic (exact) mass is 424 g/mol. The molecule has 3 aromatic rings. The molecule has 0 saturated carbocycles. The lowest BCUT2D eigenvalue weighted by molar-refractivity contribution is -0.123. The zero-order valence-corrected chi connectivity index (χ0v) is 17.6. The zero-order chi connectivity index (χ0) is 21.7. The molecule has 0 saturated heterocycles. The molecule has 2 atom stereocenters. The zero-order valence-electron chi connectivity index (χ0n) is 16.8. The summed E-state index contributed by atoms with van der Waals surface area (Å²) in [4.78, 5) is 28.6. The molecular formula is C22H24N4O3S. The summed E-state index contributed by atoms with van der Waals surface area (Å²) in [5.74, 6) is -0.207. The Morgan fingerprint density at radius 3 is 2.33 bits per heavy atom. The van der Waals surface area contributed by atoms with Gasteiger partial charge >= 0.3 is 6.03 Å². The van der Waals surface area contributed by atoms with Gasteiger partial charge < -0.3 is 21.5 Å². The highest BCUT2D eigenvalue weighted by Crippen LogP contribution is 2.23. The van der Waals surface area contributed by atoms with Crippen LogP contribution in [0.2, 0.25) is 0 Å². The quantitative estimate of drug-likeness (QED) is 0.465. The molecule has 156 valence electrons. The summed E-state index contributed by atoms with van der Waals surface area (Å²) >= 11 is 1.60. The number of benzene rings is 2.